The highest BCUT2D eigenvalue weighted by atomic mass is 16.6. The Labute approximate surface area is 213 Å². The lowest BCUT2D eigenvalue weighted by Gasteiger charge is -2.37. The van der Waals surface area contributed by atoms with Crippen LogP contribution in [-0.4, -0.2) is 76.2 Å². The van der Waals surface area contributed by atoms with Gasteiger partial charge in [0, 0.05) is 26.2 Å². The molecule has 3 fully saturated rings. The average molecular weight is 499 g/mol. The molecule has 0 saturated carbocycles. The van der Waals surface area contributed by atoms with Crippen LogP contribution < -0.4 is 0 Å². The fraction of sp³-hybridized carbons (Fsp3) is 0.607. The van der Waals surface area contributed by atoms with Gasteiger partial charge in [-0.15, -0.1) is 6.58 Å². The summed E-state index contributed by atoms with van der Waals surface area (Å²) in [5.41, 5.74) is -0.918. The van der Waals surface area contributed by atoms with E-state index in [0.29, 0.717) is 45.3 Å². The molecule has 1 spiro atoms. The van der Waals surface area contributed by atoms with Crippen molar-refractivity contribution in [2.24, 2.45) is 11.8 Å². The summed E-state index contributed by atoms with van der Waals surface area (Å²) >= 11 is 0. The van der Waals surface area contributed by atoms with E-state index >= 15 is 0 Å². The first-order valence-electron chi connectivity index (χ1n) is 13.0. The van der Waals surface area contributed by atoms with Crippen molar-refractivity contribution < 1.29 is 29.0 Å². The zero-order chi connectivity index (χ0) is 25.9. The van der Waals surface area contributed by atoms with E-state index < -0.39 is 35.0 Å². The van der Waals surface area contributed by atoms with Gasteiger partial charge in [0.05, 0.1) is 18.1 Å². The molecule has 2 unspecified atom stereocenters. The number of ether oxygens (including phenoxy) is 2. The highest BCUT2D eigenvalue weighted by Gasteiger charge is 2.78. The first kappa shape index (κ1) is 26.4. The summed E-state index contributed by atoms with van der Waals surface area (Å²) in [4.78, 5) is 44.6. The molecule has 1 aromatic carbocycles. The van der Waals surface area contributed by atoms with Gasteiger partial charge in [-0.2, -0.15) is 0 Å². The topological polar surface area (TPSA) is 96.4 Å². The average Bonchev–Trinajstić information content (AvgIpc) is 3.43. The standard InChI is InChI=1S/C28H38N2O6/c1-4-16-29(19-20-12-8-6-9-13-20)25(33)23-28-15-14-27(3,36-28)22(26(34)35-5-2)21(28)24(32)30(23)17-10-7-11-18-31/h4,6,8-9,12-13,21-23,31H,1,5,7,10-11,14-19H2,2-3H3/t21-,22+,23?,27-,28?/m0/s1. The van der Waals surface area contributed by atoms with Crippen LogP contribution in [0.2, 0.25) is 0 Å². The lowest BCUT2D eigenvalue weighted by atomic mass is 9.66. The fourth-order valence-corrected chi connectivity index (χ4v) is 6.47. The van der Waals surface area contributed by atoms with Crippen molar-refractivity contribution >= 4 is 17.8 Å². The van der Waals surface area contributed by atoms with Crippen LogP contribution in [0, 0.1) is 11.8 Å². The number of esters is 1. The molecule has 0 aromatic heterocycles. The monoisotopic (exact) mass is 498 g/mol. The van der Waals surface area contributed by atoms with Crippen molar-refractivity contribution in [3.05, 3.63) is 48.6 Å². The van der Waals surface area contributed by atoms with Crippen LogP contribution in [0.15, 0.2) is 43.0 Å². The minimum absolute atomic E-state index is 0.0828. The number of benzene rings is 1. The van der Waals surface area contributed by atoms with Crippen molar-refractivity contribution in [3.63, 3.8) is 0 Å². The van der Waals surface area contributed by atoms with E-state index in [1.54, 1.807) is 22.8 Å². The number of rotatable bonds is 12. The molecule has 36 heavy (non-hydrogen) atoms. The number of carbonyl (C=O) groups is 3. The SMILES string of the molecule is C=CCN(Cc1ccccc1)C(=O)C1N(CCCCCO)C(=O)[C@@H]2[C@H](C(=O)OCC)[C@]3(C)CCC12O3. The highest BCUT2D eigenvalue weighted by Crippen LogP contribution is 2.63. The number of aliphatic hydroxyl groups is 1. The van der Waals surface area contributed by atoms with Gasteiger partial charge >= 0.3 is 5.97 Å². The van der Waals surface area contributed by atoms with Gasteiger partial charge in [0.25, 0.3) is 0 Å². The molecule has 3 heterocycles. The third-order valence-corrected chi connectivity index (χ3v) is 7.99. The Morgan fingerprint density at radius 2 is 2.00 bits per heavy atom. The van der Waals surface area contributed by atoms with Gasteiger partial charge in [0.1, 0.15) is 17.6 Å². The predicted molar refractivity (Wildman–Crippen MR) is 134 cm³/mol. The van der Waals surface area contributed by atoms with Crippen molar-refractivity contribution in [2.45, 2.75) is 69.7 Å². The Morgan fingerprint density at radius 1 is 1.25 bits per heavy atom. The number of hydrogen-bond donors (Lipinski definition) is 1. The van der Waals surface area contributed by atoms with E-state index in [2.05, 4.69) is 6.58 Å². The first-order valence-corrected chi connectivity index (χ1v) is 13.0. The minimum Gasteiger partial charge on any atom is -0.466 e. The fourth-order valence-electron chi connectivity index (χ4n) is 6.47. The summed E-state index contributed by atoms with van der Waals surface area (Å²) < 4.78 is 12.0. The third-order valence-electron chi connectivity index (χ3n) is 7.99. The molecule has 3 saturated heterocycles. The Balaban J connectivity index is 1.70. The molecule has 196 valence electrons. The van der Waals surface area contributed by atoms with Crippen LogP contribution in [0.4, 0.5) is 0 Å². The summed E-state index contributed by atoms with van der Waals surface area (Å²) in [7, 11) is 0. The summed E-state index contributed by atoms with van der Waals surface area (Å²) in [6.07, 6.45) is 4.83. The number of hydrogen-bond acceptors (Lipinski definition) is 6. The molecular weight excluding hydrogens is 460 g/mol. The van der Waals surface area contributed by atoms with Crippen molar-refractivity contribution in [1.82, 2.24) is 9.80 Å². The Bertz CT molecular complexity index is 984. The van der Waals surface area contributed by atoms with E-state index in [0.717, 1.165) is 12.0 Å². The van der Waals surface area contributed by atoms with E-state index in [1.165, 1.54) is 0 Å². The molecule has 1 aromatic rings. The number of likely N-dealkylation sites (tertiary alicyclic amines) is 1. The normalized spacial score (nSPS) is 30.4. The molecule has 5 atom stereocenters. The Hall–Kier alpha value is -2.71. The van der Waals surface area contributed by atoms with Crippen LogP contribution in [0.25, 0.3) is 0 Å². The molecule has 2 bridgehead atoms. The van der Waals surface area contributed by atoms with E-state index in [1.807, 2.05) is 37.3 Å². The van der Waals surface area contributed by atoms with E-state index in [-0.39, 0.29) is 25.0 Å². The zero-order valence-corrected chi connectivity index (χ0v) is 21.4. The van der Waals surface area contributed by atoms with Gasteiger partial charge < -0.3 is 24.4 Å². The molecule has 2 amide bonds. The van der Waals surface area contributed by atoms with Crippen LogP contribution >= 0.6 is 0 Å². The Morgan fingerprint density at radius 3 is 2.67 bits per heavy atom. The summed E-state index contributed by atoms with van der Waals surface area (Å²) in [6, 6.07) is 8.89. The van der Waals surface area contributed by atoms with E-state index in [4.69, 9.17) is 9.47 Å². The number of nitrogens with zero attached hydrogens (tertiary/aromatic N) is 2. The van der Waals surface area contributed by atoms with Crippen molar-refractivity contribution in [3.8, 4) is 0 Å². The van der Waals surface area contributed by atoms with Gasteiger partial charge in [-0.05, 0) is 51.5 Å². The number of carbonyl (C=O) groups excluding carboxylic acids is 3. The van der Waals surface area contributed by atoms with E-state index in [9.17, 15) is 19.5 Å². The minimum atomic E-state index is -1.06. The predicted octanol–water partition coefficient (Wildman–Crippen LogP) is 2.69. The lowest BCUT2D eigenvalue weighted by molar-refractivity contribution is -0.160. The number of amides is 2. The maximum absolute atomic E-state index is 14.3. The third kappa shape index (κ3) is 4.45. The van der Waals surface area contributed by atoms with Crippen molar-refractivity contribution in [2.75, 3.05) is 26.3 Å². The second kappa shape index (κ2) is 10.7. The molecule has 8 heteroatoms. The van der Waals surface area contributed by atoms with Crippen LogP contribution in [0.3, 0.4) is 0 Å². The second-order valence-electron chi connectivity index (χ2n) is 10.3. The molecule has 3 aliphatic rings. The number of fused-ring (bicyclic) bond motifs is 1. The molecule has 1 N–H and O–H groups in total. The molecular formula is C28H38N2O6. The van der Waals surface area contributed by atoms with Crippen molar-refractivity contribution in [1.29, 1.82) is 0 Å². The van der Waals surface area contributed by atoms with Gasteiger partial charge in [-0.25, -0.2) is 0 Å². The maximum atomic E-state index is 14.3. The number of aliphatic hydroxyl groups excluding tert-OH is 1. The summed E-state index contributed by atoms with van der Waals surface area (Å²) in [6.45, 7) is 8.84. The Kier molecular flexibility index (Phi) is 7.85. The number of unbranched alkanes of at least 4 members (excludes halogenated alkanes) is 2. The van der Waals surface area contributed by atoms with Gasteiger partial charge in [0.2, 0.25) is 11.8 Å². The largest absolute Gasteiger partial charge is 0.466 e. The van der Waals surface area contributed by atoms with Crippen LogP contribution in [0.5, 0.6) is 0 Å². The highest BCUT2D eigenvalue weighted by molar-refractivity contribution is 5.98. The molecule has 8 nitrogen and oxygen atoms in total. The lowest BCUT2D eigenvalue weighted by Crippen LogP contribution is -2.56. The summed E-state index contributed by atoms with van der Waals surface area (Å²) in [5, 5.41) is 9.19. The molecule has 0 aliphatic carbocycles. The molecule has 3 aliphatic heterocycles. The molecule has 0 radical (unpaired) electrons. The smallest absolute Gasteiger partial charge is 0.312 e. The van der Waals surface area contributed by atoms with Gasteiger partial charge in [-0.3, -0.25) is 14.4 Å². The zero-order valence-electron chi connectivity index (χ0n) is 21.4. The van der Waals surface area contributed by atoms with Crippen LogP contribution in [0.1, 0.15) is 51.5 Å². The summed E-state index contributed by atoms with van der Waals surface area (Å²) in [5.74, 6) is -2.31. The first-order chi connectivity index (χ1) is 17.3. The van der Waals surface area contributed by atoms with Gasteiger partial charge in [0.15, 0.2) is 0 Å². The van der Waals surface area contributed by atoms with Gasteiger partial charge in [-0.1, -0.05) is 36.4 Å². The maximum Gasteiger partial charge on any atom is 0.312 e. The quantitative estimate of drug-likeness (QED) is 0.270. The second-order valence-corrected chi connectivity index (χ2v) is 10.3. The van der Waals surface area contributed by atoms with Crippen LogP contribution in [-0.2, 0) is 30.4 Å². The molecule has 4 rings (SSSR count).